The quantitative estimate of drug-likeness (QED) is 0.406. The lowest BCUT2D eigenvalue weighted by atomic mass is 10.1. The van der Waals surface area contributed by atoms with Crippen LogP contribution in [0.5, 0.6) is 0 Å². The first-order valence-corrected chi connectivity index (χ1v) is 7.57. The van der Waals surface area contributed by atoms with Crippen molar-refractivity contribution in [1.29, 1.82) is 0 Å². The van der Waals surface area contributed by atoms with E-state index in [1.54, 1.807) is 18.2 Å². The number of nitrogens with zero attached hydrogens (tertiary/aromatic N) is 1. The van der Waals surface area contributed by atoms with Crippen LogP contribution in [0.2, 0.25) is 0 Å². The van der Waals surface area contributed by atoms with Crippen molar-refractivity contribution in [3.63, 3.8) is 0 Å². The molecule has 0 unspecified atom stereocenters. The third-order valence-corrected chi connectivity index (χ3v) is 3.77. The number of carbonyl (C=O) groups is 1. The highest BCUT2D eigenvalue weighted by molar-refractivity contribution is 5.79. The number of quaternary nitrogens is 1. The van der Waals surface area contributed by atoms with Gasteiger partial charge in [-0.05, 0) is 0 Å². The molecule has 0 saturated carbocycles. The molecule has 0 aliphatic carbocycles. The van der Waals surface area contributed by atoms with Crippen molar-refractivity contribution >= 4 is 11.6 Å². The number of para-hydroxylation sites is 1. The Morgan fingerprint density at radius 1 is 1.32 bits per heavy atom. The fourth-order valence-electron chi connectivity index (χ4n) is 2.55. The van der Waals surface area contributed by atoms with Gasteiger partial charge in [0, 0.05) is 24.6 Å². The Morgan fingerprint density at radius 3 is 2.77 bits per heavy atom. The third-order valence-electron chi connectivity index (χ3n) is 3.77. The topological polar surface area (TPSA) is 85.9 Å². The molecule has 120 valence electrons. The van der Waals surface area contributed by atoms with Gasteiger partial charge in [-0.15, -0.1) is 0 Å². The van der Waals surface area contributed by atoms with Crippen molar-refractivity contribution in [2.24, 2.45) is 0 Å². The summed E-state index contributed by atoms with van der Waals surface area (Å²) >= 11 is 0. The molecule has 0 atom stereocenters. The minimum atomic E-state index is -0.454. The highest BCUT2D eigenvalue weighted by Crippen LogP contribution is 2.17. The molecule has 1 amide bonds. The third kappa shape index (κ3) is 5.09. The summed E-state index contributed by atoms with van der Waals surface area (Å²) < 4.78 is 5.30. The molecular formula is C15H22N3O4+. The SMILES string of the molecule is O=C(Cc1ccccc1[N+](=O)[O-])NCCC[NH+]1CCOCC1. The molecule has 7 heteroatoms. The first-order chi connectivity index (χ1) is 10.7. The van der Waals surface area contributed by atoms with Crippen LogP contribution < -0.4 is 10.2 Å². The van der Waals surface area contributed by atoms with Gasteiger partial charge in [0.05, 0.1) is 31.1 Å². The van der Waals surface area contributed by atoms with Gasteiger partial charge in [-0.3, -0.25) is 14.9 Å². The van der Waals surface area contributed by atoms with Crippen LogP contribution in [0.4, 0.5) is 5.69 Å². The van der Waals surface area contributed by atoms with Crippen molar-refractivity contribution in [3.05, 3.63) is 39.9 Å². The molecule has 1 fully saturated rings. The number of hydrogen-bond acceptors (Lipinski definition) is 4. The van der Waals surface area contributed by atoms with Crippen molar-refractivity contribution in [1.82, 2.24) is 5.32 Å². The number of ether oxygens (including phenoxy) is 1. The highest BCUT2D eigenvalue weighted by Gasteiger charge is 2.16. The second-order valence-electron chi connectivity index (χ2n) is 5.38. The fraction of sp³-hybridized carbons (Fsp3) is 0.533. The number of nitro benzene ring substituents is 1. The summed E-state index contributed by atoms with van der Waals surface area (Å²) in [6, 6.07) is 6.35. The molecular weight excluding hydrogens is 286 g/mol. The van der Waals surface area contributed by atoms with E-state index in [2.05, 4.69) is 5.32 Å². The van der Waals surface area contributed by atoms with E-state index in [0.717, 1.165) is 39.3 Å². The number of nitrogens with one attached hydrogen (secondary N) is 2. The molecule has 2 N–H and O–H groups in total. The van der Waals surface area contributed by atoms with E-state index in [1.165, 1.54) is 11.0 Å². The number of nitro groups is 1. The normalized spacial score (nSPS) is 15.5. The second kappa shape index (κ2) is 8.45. The lowest BCUT2D eigenvalue weighted by Gasteiger charge is -2.23. The summed E-state index contributed by atoms with van der Waals surface area (Å²) in [6.45, 7) is 5.26. The number of rotatable bonds is 7. The van der Waals surface area contributed by atoms with Crippen LogP contribution in [0, 0.1) is 10.1 Å². The Morgan fingerprint density at radius 2 is 2.05 bits per heavy atom. The molecule has 1 aromatic rings. The fourth-order valence-corrected chi connectivity index (χ4v) is 2.55. The predicted molar refractivity (Wildman–Crippen MR) is 80.8 cm³/mol. The number of hydrogen-bond donors (Lipinski definition) is 2. The molecule has 0 spiro atoms. The van der Waals surface area contributed by atoms with Gasteiger partial charge in [-0.1, -0.05) is 18.2 Å². The predicted octanol–water partition coefficient (Wildman–Crippen LogP) is -0.441. The first-order valence-electron chi connectivity index (χ1n) is 7.57. The van der Waals surface area contributed by atoms with Crippen molar-refractivity contribution in [2.75, 3.05) is 39.4 Å². The van der Waals surface area contributed by atoms with Gasteiger partial charge in [0.25, 0.3) is 5.69 Å². The van der Waals surface area contributed by atoms with Gasteiger partial charge in [0.15, 0.2) is 0 Å². The zero-order valence-electron chi connectivity index (χ0n) is 12.5. The Kier molecular flexibility index (Phi) is 6.29. The summed E-state index contributed by atoms with van der Waals surface area (Å²) in [5.74, 6) is -0.175. The average Bonchev–Trinajstić information content (AvgIpc) is 2.53. The van der Waals surface area contributed by atoms with E-state index >= 15 is 0 Å². The van der Waals surface area contributed by atoms with Crippen molar-refractivity contribution < 1.29 is 19.4 Å². The first kappa shape index (κ1) is 16.4. The largest absolute Gasteiger partial charge is 0.370 e. The average molecular weight is 308 g/mol. The van der Waals surface area contributed by atoms with Gasteiger partial charge in [-0.2, -0.15) is 0 Å². The molecule has 0 aromatic heterocycles. The lowest BCUT2D eigenvalue weighted by Crippen LogP contribution is -3.14. The molecule has 1 aliphatic heterocycles. The smallest absolute Gasteiger partial charge is 0.273 e. The van der Waals surface area contributed by atoms with Crippen LogP contribution >= 0.6 is 0 Å². The Labute approximate surface area is 129 Å². The molecule has 1 aliphatic rings. The van der Waals surface area contributed by atoms with Gasteiger partial charge in [-0.25, -0.2) is 0 Å². The summed E-state index contributed by atoms with van der Waals surface area (Å²) in [5, 5.41) is 13.7. The molecule has 1 heterocycles. The van der Waals surface area contributed by atoms with Gasteiger partial charge < -0.3 is 15.0 Å². The lowest BCUT2D eigenvalue weighted by molar-refractivity contribution is -0.908. The zero-order valence-corrected chi connectivity index (χ0v) is 12.5. The number of carbonyl (C=O) groups excluding carboxylic acids is 1. The Hall–Kier alpha value is -1.99. The van der Waals surface area contributed by atoms with Gasteiger partial charge >= 0.3 is 0 Å². The summed E-state index contributed by atoms with van der Waals surface area (Å²) in [4.78, 5) is 23.8. The molecule has 1 saturated heterocycles. The highest BCUT2D eigenvalue weighted by atomic mass is 16.6. The Balaban J connectivity index is 1.70. The zero-order chi connectivity index (χ0) is 15.8. The van der Waals surface area contributed by atoms with Crippen LogP contribution in [0.3, 0.4) is 0 Å². The maximum atomic E-state index is 11.9. The van der Waals surface area contributed by atoms with E-state index in [9.17, 15) is 14.9 Å². The summed E-state index contributed by atoms with van der Waals surface area (Å²) in [7, 11) is 0. The van der Waals surface area contributed by atoms with Gasteiger partial charge in [0.1, 0.15) is 13.1 Å². The minimum Gasteiger partial charge on any atom is -0.370 e. The number of benzene rings is 1. The molecule has 0 bridgehead atoms. The van der Waals surface area contributed by atoms with Gasteiger partial charge in [0.2, 0.25) is 5.91 Å². The molecule has 1 aromatic carbocycles. The van der Waals surface area contributed by atoms with Crippen LogP contribution in [-0.2, 0) is 16.0 Å². The summed E-state index contributed by atoms with van der Waals surface area (Å²) in [6.07, 6.45) is 0.944. The number of amides is 1. The van der Waals surface area contributed by atoms with Crippen molar-refractivity contribution in [3.8, 4) is 0 Å². The molecule has 2 rings (SSSR count). The van der Waals surface area contributed by atoms with E-state index in [4.69, 9.17) is 4.74 Å². The molecule has 7 nitrogen and oxygen atoms in total. The monoisotopic (exact) mass is 308 g/mol. The maximum absolute atomic E-state index is 11.9. The molecule has 0 radical (unpaired) electrons. The van der Waals surface area contributed by atoms with Crippen LogP contribution in [0.15, 0.2) is 24.3 Å². The minimum absolute atomic E-state index is 0.00425. The summed E-state index contributed by atoms with van der Waals surface area (Å²) in [5.41, 5.74) is 0.444. The van der Waals surface area contributed by atoms with Crippen LogP contribution in [0.25, 0.3) is 0 Å². The van der Waals surface area contributed by atoms with E-state index in [0.29, 0.717) is 12.1 Å². The van der Waals surface area contributed by atoms with Crippen LogP contribution in [0.1, 0.15) is 12.0 Å². The van der Waals surface area contributed by atoms with Crippen molar-refractivity contribution in [2.45, 2.75) is 12.8 Å². The van der Waals surface area contributed by atoms with E-state index in [1.807, 2.05) is 0 Å². The van der Waals surface area contributed by atoms with E-state index in [-0.39, 0.29) is 18.0 Å². The second-order valence-corrected chi connectivity index (χ2v) is 5.38. The molecule has 22 heavy (non-hydrogen) atoms. The Bertz CT molecular complexity index is 515. The standard InChI is InChI=1S/C15H21N3O4/c19-15(12-13-4-1-2-5-14(13)18(20)21)16-6-3-7-17-8-10-22-11-9-17/h1-2,4-5H,3,6-12H2,(H,16,19)/p+1. The van der Waals surface area contributed by atoms with E-state index < -0.39 is 4.92 Å². The number of morpholine rings is 1. The maximum Gasteiger partial charge on any atom is 0.273 e. The van der Waals surface area contributed by atoms with Crippen LogP contribution in [-0.4, -0.2) is 50.2 Å².